The molecule has 0 spiro atoms. The summed E-state index contributed by atoms with van der Waals surface area (Å²) in [5.41, 5.74) is 2.08. The number of pyridine rings is 1. The Hall–Kier alpha value is -3.12. The Labute approximate surface area is 219 Å². The molecule has 1 aromatic carbocycles. The smallest absolute Gasteiger partial charge is 0.449 e. The van der Waals surface area contributed by atoms with Gasteiger partial charge in [-0.05, 0) is 56.7 Å². The SMILES string of the molecule is COc1ccccc1C1(CNc2cc(C)c(S(=O)(=O)NCc3nc(C(F)(F)F)n4c3CCCC4)cn2)CC1. The third kappa shape index (κ3) is 5.11. The first-order chi connectivity index (χ1) is 18.0. The number of hydrogen-bond acceptors (Lipinski definition) is 6. The van der Waals surface area contributed by atoms with Gasteiger partial charge < -0.3 is 14.6 Å². The number of rotatable bonds is 9. The number of alkyl halides is 3. The number of aryl methyl sites for hydroxylation is 1. The molecule has 0 bridgehead atoms. The number of hydrogen-bond donors (Lipinski definition) is 2. The van der Waals surface area contributed by atoms with E-state index in [1.807, 2.05) is 18.2 Å². The van der Waals surface area contributed by atoms with E-state index in [4.69, 9.17) is 4.74 Å². The number of fused-ring (bicyclic) bond motifs is 1. The van der Waals surface area contributed by atoms with Crippen LogP contribution >= 0.6 is 0 Å². The minimum absolute atomic E-state index is 0.0296. The van der Waals surface area contributed by atoms with Crippen LogP contribution < -0.4 is 14.8 Å². The number of imidazole rings is 1. The fraction of sp³-hybridized carbons (Fsp3) is 0.462. The predicted octanol–water partition coefficient (Wildman–Crippen LogP) is 4.57. The molecule has 1 fully saturated rings. The number of ether oxygens (including phenoxy) is 1. The lowest BCUT2D eigenvalue weighted by Crippen LogP contribution is -2.26. The summed E-state index contributed by atoms with van der Waals surface area (Å²) in [6.45, 7) is 2.18. The molecule has 2 N–H and O–H groups in total. The van der Waals surface area contributed by atoms with Gasteiger partial charge in [-0.3, -0.25) is 0 Å². The fourth-order valence-electron chi connectivity index (χ4n) is 5.17. The van der Waals surface area contributed by atoms with Gasteiger partial charge >= 0.3 is 6.18 Å². The van der Waals surface area contributed by atoms with E-state index in [0.717, 1.165) is 35.1 Å². The summed E-state index contributed by atoms with van der Waals surface area (Å²) in [5, 5.41) is 3.32. The molecule has 5 rings (SSSR count). The van der Waals surface area contributed by atoms with Crippen LogP contribution in [0.5, 0.6) is 5.75 Å². The molecule has 0 amide bonds. The Kier molecular flexibility index (Phi) is 6.89. The summed E-state index contributed by atoms with van der Waals surface area (Å²) >= 11 is 0. The highest BCUT2D eigenvalue weighted by Crippen LogP contribution is 2.51. The molecule has 3 heterocycles. The highest BCUT2D eigenvalue weighted by Gasteiger charge is 2.46. The van der Waals surface area contributed by atoms with Crippen LogP contribution in [0, 0.1) is 6.92 Å². The molecule has 0 unspecified atom stereocenters. The number of sulfonamides is 1. The monoisotopic (exact) mass is 549 g/mol. The molecule has 1 aliphatic heterocycles. The van der Waals surface area contributed by atoms with Crippen molar-refractivity contribution < 1.29 is 26.3 Å². The molecule has 12 heteroatoms. The van der Waals surface area contributed by atoms with Crippen LogP contribution in [0.2, 0.25) is 0 Å². The Balaban J connectivity index is 1.28. The number of anilines is 1. The van der Waals surface area contributed by atoms with Crippen LogP contribution in [0.4, 0.5) is 19.0 Å². The third-order valence-corrected chi connectivity index (χ3v) is 8.91. The second kappa shape index (κ2) is 9.88. The highest BCUT2D eigenvalue weighted by molar-refractivity contribution is 7.89. The standard InChI is InChI=1S/C26H30F3N5O3S/c1-17-13-23(31-16-25(10-11-25)18-7-3-4-9-21(18)37-2)30-15-22(17)38(35,36)32-14-19-20-8-5-6-12-34(20)24(33-19)26(27,28)29/h3-4,7,9,13,15,32H,5-6,8,10-12,14,16H2,1-2H3,(H,30,31). The second-order valence-electron chi connectivity index (χ2n) is 9.93. The summed E-state index contributed by atoms with van der Waals surface area (Å²) in [7, 11) is -2.38. The molecule has 0 radical (unpaired) electrons. The first-order valence-corrected chi connectivity index (χ1v) is 14.0. The zero-order valence-corrected chi connectivity index (χ0v) is 22.0. The maximum atomic E-state index is 13.5. The lowest BCUT2D eigenvalue weighted by molar-refractivity contribution is -0.147. The first kappa shape index (κ1) is 26.5. The average molecular weight is 550 g/mol. The van der Waals surface area contributed by atoms with E-state index in [2.05, 4.69) is 26.1 Å². The second-order valence-corrected chi connectivity index (χ2v) is 11.7. The lowest BCUT2D eigenvalue weighted by atomic mass is 9.95. The summed E-state index contributed by atoms with van der Waals surface area (Å²) in [5.74, 6) is 0.404. The maximum absolute atomic E-state index is 13.5. The van der Waals surface area contributed by atoms with Crippen LogP contribution in [0.15, 0.2) is 41.4 Å². The van der Waals surface area contributed by atoms with E-state index in [1.165, 1.54) is 6.20 Å². The topological polar surface area (TPSA) is 98.1 Å². The van der Waals surface area contributed by atoms with Crippen LogP contribution in [-0.4, -0.2) is 36.6 Å². The summed E-state index contributed by atoms with van der Waals surface area (Å²) in [6.07, 6.45) is 0.468. The van der Waals surface area contributed by atoms with Crippen molar-refractivity contribution in [3.05, 3.63) is 64.9 Å². The van der Waals surface area contributed by atoms with Gasteiger partial charge in [0.15, 0.2) is 0 Å². The first-order valence-electron chi connectivity index (χ1n) is 12.5. The zero-order chi connectivity index (χ0) is 27.1. The summed E-state index contributed by atoms with van der Waals surface area (Å²) < 4.78 is 75.6. The molecule has 1 saturated carbocycles. The molecule has 8 nitrogen and oxygen atoms in total. The van der Waals surface area contributed by atoms with Gasteiger partial charge in [-0.15, -0.1) is 0 Å². The number of benzene rings is 1. The van der Waals surface area contributed by atoms with E-state index in [9.17, 15) is 21.6 Å². The molecular weight excluding hydrogens is 519 g/mol. The van der Waals surface area contributed by atoms with Crippen molar-refractivity contribution in [2.24, 2.45) is 0 Å². The van der Waals surface area contributed by atoms with Crippen molar-refractivity contribution in [1.82, 2.24) is 19.3 Å². The number of aromatic nitrogens is 3. The van der Waals surface area contributed by atoms with Gasteiger partial charge in [0.25, 0.3) is 0 Å². The number of halogens is 3. The van der Waals surface area contributed by atoms with E-state index >= 15 is 0 Å². The molecule has 204 valence electrons. The predicted molar refractivity (Wildman–Crippen MR) is 136 cm³/mol. The fourth-order valence-corrected chi connectivity index (χ4v) is 6.33. The number of para-hydroxylation sites is 1. The van der Waals surface area contributed by atoms with Crippen LogP contribution in [0.25, 0.3) is 0 Å². The number of methoxy groups -OCH3 is 1. The van der Waals surface area contributed by atoms with Gasteiger partial charge in [-0.25, -0.2) is 23.1 Å². The van der Waals surface area contributed by atoms with Crippen LogP contribution in [0.1, 0.15) is 54.0 Å². The van der Waals surface area contributed by atoms with E-state index in [-0.39, 0.29) is 29.1 Å². The van der Waals surface area contributed by atoms with Crippen molar-refractivity contribution in [2.75, 3.05) is 19.0 Å². The molecule has 2 aliphatic rings. The quantitative estimate of drug-likeness (QED) is 0.406. The zero-order valence-electron chi connectivity index (χ0n) is 21.2. The maximum Gasteiger partial charge on any atom is 0.449 e. The molecule has 0 saturated heterocycles. The van der Waals surface area contributed by atoms with E-state index < -0.39 is 22.0 Å². The molecular formula is C26H30F3N5O3S. The minimum Gasteiger partial charge on any atom is -0.496 e. The molecule has 0 atom stereocenters. The van der Waals surface area contributed by atoms with Crippen LogP contribution in [-0.2, 0) is 41.1 Å². The van der Waals surface area contributed by atoms with Gasteiger partial charge in [-0.2, -0.15) is 13.2 Å². The summed E-state index contributed by atoms with van der Waals surface area (Å²) in [6, 6.07) is 9.57. The normalized spacial score (nSPS) is 16.7. The molecule has 2 aromatic heterocycles. The summed E-state index contributed by atoms with van der Waals surface area (Å²) in [4.78, 5) is 8.04. The Morgan fingerprint density at radius 2 is 1.95 bits per heavy atom. The van der Waals surface area contributed by atoms with Gasteiger partial charge in [0, 0.05) is 36.0 Å². The van der Waals surface area contributed by atoms with Gasteiger partial charge in [-0.1, -0.05) is 18.2 Å². The minimum atomic E-state index is -4.60. The van der Waals surface area contributed by atoms with Crippen molar-refractivity contribution >= 4 is 15.8 Å². The number of nitrogens with one attached hydrogen (secondary N) is 2. The number of nitrogens with zero attached hydrogens (tertiary/aromatic N) is 3. The molecule has 3 aromatic rings. The molecule has 1 aliphatic carbocycles. The van der Waals surface area contributed by atoms with Crippen molar-refractivity contribution in [2.45, 2.75) is 68.6 Å². The lowest BCUT2D eigenvalue weighted by Gasteiger charge is -2.20. The molecule has 38 heavy (non-hydrogen) atoms. The Morgan fingerprint density at radius 1 is 1.18 bits per heavy atom. The van der Waals surface area contributed by atoms with Crippen molar-refractivity contribution in [3.63, 3.8) is 0 Å². The highest BCUT2D eigenvalue weighted by atomic mass is 32.2. The average Bonchev–Trinajstić information content (AvgIpc) is 3.58. The van der Waals surface area contributed by atoms with Gasteiger partial charge in [0.05, 0.1) is 19.3 Å². The van der Waals surface area contributed by atoms with Gasteiger partial charge in [0.1, 0.15) is 16.5 Å². The van der Waals surface area contributed by atoms with E-state index in [0.29, 0.717) is 36.5 Å². The van der Waals surface area contributed by atoms with Crippen molar-refractivity contribution in [3.8, 4) is 5.75 Å². The largest absolute Gasteiger partial charge is 0.496 e. The Morgan fingerprint density at radius 3 is 2.63 bits per heavy atom. The Bertz CT molecular complexity index is 1450. The van der Waals surface area contributed by atoms with E-state index in [1.54, 1.807) is 20.1 Å². The van der Waals surface area contributed by atoms with Crippen molar-refractivity contribution in [1.29, 1.82) is 0 Å². The van der Waals surface area contributed by atoms with Gasteiger partial charge in [0.2, 0.25) is 15.8 Å². The third-order valence-electron chi connectivity index (χ3n) is 7.38. The van der Waals surface area contributed by atoms with Crippen LogP contribution in [0.3, 0.4) is 0 Å².